The van der Waals surface area contributed by atoms with Gasteiger partial charge in [-0.15, -0.1) is 11.6 Å². The molecule has 8 nitrogen and oxygen atoms in total. The minimum Gasteiger partial charge on any atom is -0.468 e. The molecule has 0 amide bonds. The molecule has 0 aromatic rings. The molecule has 9 heteroatoms. The maximum Gasteiger partial charge on any atom is 0.322 e. The Labute approximate surface area is 218 Å². The average Bonchev–Trinajstić information content (AvgIpc) is 3.21. The Balaban J connectivity index is 1.57. The van der Waals surface area contributed by atoms with Crippen LogP contribution >= 0.6 is 11.6 Å². The molecule has 0 aromatic carbocycles. The van der Waals surface area contributed by atoms with Crippen molar-refractivity contribution in [1.29, 1.82) is 0 Å². The summed E-state index contributed by atoms with van der Waals surface area (Å²) in [5.41, 5.74) is -1.26. The zero-order valence-electron chi connectivity index (χ0n) is 21.7. The van der Waals surface area contributed by atoms with Crippen LogP contribution in [0.1, 0.15) is 58.3 Å². The molecule has 202 valence electrons. The lowest BCUT2D eigenvalue weighted by atomic mass is 9.55. The number of piperidine rings is 1. The van der Waals surface area contributed by atoms with E-state index in [1.165, 1.54) is 13.5 Å². The largest absolute Gasteiger partial charge is 0.468 e. The minimum atomic E-state index is -1.26. The molecule has 3 aliphatic carbocycles. The summed E-state index contributed by atoms with van der Waals surface area (Å²) in [6, 6.07) is -1.20. The van der Waals surface area contributed by atoms with Crippen molar-refractivity contribution in [3.63, 3.8) is 0 Å². The van der Waals surface area contributed by atoms with Crippen LogP contribution in [0, 0.1) is 29.6 Å². The molecule has 1 spiro atoms. The minimum absolute atomic E-state index is 0.00768. The summed E-state index contributed by atoms with van der Waals surface area (Å²) in [7, 11) is 4.59. The molecule has 0 bridgehead atoms. The number of alkyl halides is 1. The van der Waals surface area contributed by atoms with Gasteiger partial charge in [-0.1, -0.05) is 39.0 Å². The van der Waals surface area contributed by atoms with E-state index in [0.29, 0.717) is 18.8 Å². The lowest BCUT2D eigenvalue weighted by Gasteiger charge is -2.55. The van der Waals surface area contributed by atoms with Crippen molar-refractivity contribution >= 4 is 29.1 Å². The van der Waals surface area contributed by atoms with Gasteiger partial charge >= 0.3 is 5.97 Å². The molecule has 0 radical (unpaired) electrons. The fourth-order valence-corrected chi connectivity index (χ4v) is 8.72. The molecule has 0 aromatic heterocycles. The van der Waals surface area contributed by atoms with Gasteiger partial charge in [0.15, 0.2) is 5.78 Å². The van der Waals surface area contributed by atoms with Gasteiger partial charge in [-0.2, -0.15) is 0 Å². The van der Waals surface area contributed by atoms with Crippen LogP contribution in [0.25, 0.3) is 0 Å². The Kier molecular flexibility index (Phi) is 7.56. The summed E-state index contributed by atoms with van der Waals surface area (Å²) >= 11 is 6.86. The van der Waals surface area contributed by atoms with Gasteiger partial charge < -0.3 is 18.9 Å². The van der Waals surface area contributed by atoms with Gasteiger partial charge in [-0.05, 0) is 18.3 Å². The van der Waals surface area contributed by atoms with Crippen molar-refractivity contribution in [3.05, 3.63) is 0 Å². The highest BCUT2D eigenvalue weighted by atomic mass is 35.5. The molecule has 5 fully saturated rings. The quantitative estimate of drug-likeness (QED) is 0.442. The number of esters is 1. The number of hydrogen-bond acceptors (Lipinski definition) is 8. The predicted octanol–water partition coefficient (Wildman–Crippen LogP) is 2.68. The molecule has 9 unspecified atom stereocenters. The summed E-state index contributed by atoms with van der Waals surface area (Å²) in [5.74, 6) is -1.19. The second kappa shape index (κ2) is 10.3. The van der Waals surface area contributed by atoms with Crippen molar-refractivity contribution in [2.45, 2.75) is 99.7 Å². The van der Waals surface area contributed by atoms with E-state index >= 15 is 0 Å². The monoisotopic (exact) mass is 525 g/mol. The van der Waals surface area contributed by atoms with E-state index < -0.39 is 35.1 Å². The Bertz CT molecular complexity index is 878. The number of rotatable bonds is 4. The first-order valence-electron chi connectivity index (χ1n) is 13.6. The summed E-state index contributed by atoms with van der Waals surface area (Å²) < 4.78 is 23.3. The normalized spacial score (nSPS) is 47.5. The lowest BCUT2D eigenvalue weighted by molar-refractivity contribution is -0.180. The van der Waals surface area contributed by atoms with Gasteiger partial charge in [0.1, 0.15) is 17.4 Å². The Hall–Kier alpha value is -1.06. The molecule has 2 aliphatic heterocycles. The number of ketones is 2. The molecule has 36 heavy (non-hydrogen) atoms. The number of nitrogens with one attached hydrogen (secondary N) is 1. The van der Waals surface area contributed by atoms with Crippen molar-refractivity contribution in [1.82, 2.24) is 5.32 Å². The number of Topliss-reactive ketones (excluding diaryl/α,β-unsaturated/α-hetero) is 2. The van der Waals surface area contributed by atoms with Crippen molar-refractivity contribution < 1.29 is 33.3 Å². The summed E-state index contributed by atoms with van der Waals surface area (Å²) in [4.78, 5) is 41.0. The number of carbonyl (C=O) groups excluding carboxylic acids is 3. The number of carbonyl (C=O) groups is 3. The van der Waals surface area contributed by atoms with Crippen LogP contribution in [-0.4, -0.2) is 80.2 Å². The third kappa shape index (κ3) is 3.98. The highest BCUT2D eigenvalue weighted by Crippen LogP contribution is 2.55. The van der Waals surface area contributed by atoms with E-state index in [1.54, 1.807) is 14.2 Å². The van der Waals surface area contributed by atoms with E-state index in [-0.39, 0.29) is 53.9 Å². The highest BCUT2D eigenvalue weighted by Gasteiger charge is 2.71. The first kappa shape index (κ1) is 26.5. The number of ether oxygens (including phenoxy) is 4. The maximum atomic E-state index is 14.5. The number of fused-ring (bicyclic) bond motifs is 3. The Morgan fingerprint density at radius 1 is 1.03 bits per heavy atom. The summed E-state index contributed by atoms with van der Waals surface area (Å²) in [6.45, 7) is 1.92. The Morgan fingerprint density at radius 3 is 2.36 bits per heavy atom. The average molecular weight is 526 g/mol. The van der Waals surface area contributed by atoms with Crippen molar-refractivity contribution in [2.24, 2.45) is 29.6 Å². The van der Waals surface area contributed by atoms with Crippen LogP contribution in [-0.2, 0) is 33.3 Å². The zero-order chi connectivity index (χ0) is 25.8. The lowest BCUT2D eigenvalue weighted by Crippen LogP contribution is -2.73. The predicted molar refractivity (Wildman–Crippen MR) is 132 cm³/mol. The molecule has 5 rings (SSSR count). The van der Waals surface area contributed by atoms with E-state index in [9.17, 15) is 14.4 Å². The van der Waals surface area contributed by atoms with Crippen LogP contribution in [0.3, 0.4) is 0 Å². The first-order chi connectivity index (χ1) is 17.3. The summed E-state index contributed by atoms with van der Waals surface area (Å²) in [6.07, 6.45) is 5.58. The van der Waals surface area contributed by atoms with Crippen LogP contribution in [0.15, 0.2) is 0 Å². The number of hydrogen-bond donors (Lipinski definition) is 1. The number of methoxy groups -OCH3 is 3. The molecule has 5 aliphatic rings. The zero-order valence-corrected chi connectivity index (χ0v) is 22.5. The molecule has 2 heterocycles. The van der Waals surface area contributed by atoms with Gasteiger partial charge in [0, 0.05) is 38.9 Å². The molecular weight excluding hydrogens is 486 g/mol. The van der Waals surface area contributed by atoms with Crippen LogP contribution < -0.4 is 5.32 Å². The second-order valence-electron chi connectivity index (χ2n) is 11.6. The standard InChI is InChI=1S/C27H40ClNO7/c1-13-10-17(30)20-15(14-8-6-5-7-9-14)11-16(26(32)35-4)29-24(20)27(13)25(31)21-18(33-2)12-19(34-3)22(28)23(21)36-27/h13-16,18-24,29H,5-12H2,1-4H3/t13-,15?,16?,18?,19?,20?,21?,22?,23?,24?,27+/m1/s1. The highest BCUT2D eigenvalue weighted by molar-refractivity contribution is 6.22. The van der Waals surface area contributed by atoms with Crippen LogP contribution in [0.4, 0.5) is 0 Å². The topological polar surface area (TPSA) is 100 Å². The fraction of sp³-hybridized carbons (Fsp3) is 0.889. The van der Waals surface area contributed by atoms with E-state index in [0.717, 1.165) is 25.7 Å². The molecule has 3 saturated carbocycles. The van der Waals surface area contributed by atoms with Gasteiger partial charge in [0.2, 0.25) is 0 Å². The molecule has 11 atom stereocenters. The molecular formula is C27H40ClNO7. The van der Waals surface area contributed by atoms with E-state index in [1.807, 2.05) is 6.92 Å². The fourth-order valence-electron chi connectivity index (χ4n) is 8.30. The number of halogens is 1. The van der Waals surface area contributed by atoms with E-state index in [2.05, 4.69) is 5.32 Å². The van der Waals surface area contributed by atoms with Gasteiger partial charge in [0.25, 0.3) is 0 Å². The second-order valence-corrected chi connectivity index (χ2v) is 12.1. The molecule has 1 N–H and O–H groups in total. The van der Waals surface area contributed by atoms with Gasteiger partial charge in [0.05, 0.1) is 42.8 Å². The first-order valence-corrected chi connectivity index (χ1v) is 14.0. The third-order valence-corrected chi connectivity index (χ3v) is 10.6. The van der Waals surface area contributed by atoms with Crippen LogP contribution in [0.2, 0.25) is 0 Å². The Morgan fingerprint density at radius 2 is 1.72 bits per heavy atom. The van der Waals surface area contributed by atoms with Crippen molar-refractivity contribution in [3.8, 4) is 0 Å². The maximum absolute atomic E-state index is 14.5. The van der Waals surface area contributed by atoms with Crippen LogP contribution in [0.5, 0.6) is 0 Å². The van der Waals surface area contributed by atoms with Crippen molar-refractivity contribution in [2.75, 3.05) is 21.3 Å². The van der Waals surface area contributed by atoms with Gasteiger partial charge in [-0.3, -0.25) is 19.7 Å². The smallest absolute Gasteiger partial charge is 0.322 e. The molecule has 2 saturated heterocycles. The SMILES string of the molecule is COC(=O)C1CC(C2CCCCC2)C2C(=O)C[C@@H](C)[C@]3(OC4C(Cl)C(OC)CC(OC)C4C3=O)C2N1. The van der Waals surface area contributed by atoms with E-state index in [4.69, 9.17) is 30.5 Å². The summed E-state index contributed by atoms with van der Waals surface area (Å²) in [5, 5.41) is 2.90. The van der Waals surface area contributed by atoms with Gasteiger partial charge in [-0.25, -0.2) is 0 Å². The third-order valence-electron chi connectivity index (χ3n) is 10.0.